The Hall–Kier alpha value is -2.67. The highest BCUT2D eigenvalue weighted by molar-refractivity contribution is 5.84. The number of carbonyl (C=O) groups excluding carboxylic acids is 1. The first-order valence-corrected chi connectivity index (χ1v) is 7.23. The molecule has 0 fully saturated rings. The van der Waals surface area contributed by atoms with Crippen molar-refractivity contribution in [3.8, 4) is 11.5 Å². The van der Waals surface area contributed by atoms with Gasteiger partial charge in [-0.15, -0.1) is 0 Å². The van der Waals surface area contributed by atoms with Crippen LogP contribution in [0.2, 0.25) is 0 Å². The van der Waals surface area contributed by atoms with Gasteiger partial charge < -0.3 is 14.8 Å². The Labute approximate surface area is 134 Å². The summed E-state index contributed by atoms with van der Waals surface area (Å²) in [6, 6.07) is 5.14. The van der Waals surface area contributed by atoms with Gasteiger partial charge >= 0.3 is 0 Å². The normalized spacial score (nSPS) is 15.8. The Bertz CT molecular complexity index is 720. The number of carbonyl (C=O) groups is 1. The van der Waals surface area contributed by atoms with Crippen molar-refractivity contribution >= 4 is 5.91 Å². The van der Waals surface area contributed by atoms with Crippen LogP contribution in [0, 0.1) is 0 Å². The average Bonchev–Trinajstić information content (AvgIpc) is 3.03. The molecule has 0 spiro atoms. The van der Waals surface area contributed by atoms with Crippen LogP contribution in [0.15, 0.2) is 30.7 Å². The number of rotatable bonds is 5. The fourth-order valence-corrected chi connectivity index (χ4v) is 2.58. The SMILES string of the molecule is COc1ccc(CNC(=O)C2NCc3ncncc32)cc1OC. The van der Waals surface area contributed by atoms with E-state index in [0.29, 0.717) is 24.6 Å². The van der Waals surface area contributed by atoms with Crippen LogP contribution in [-0.2, 0) is 17.9 Å². The molecule has 2 N–H and O–H groups in total. The van der Waals surface area contributed by atoms with Crippen molar-refractivity contribution in [2.45, 2.75) is 19.1 Å². The number of nitrogens with one attached hydrogen (secondary N) is 2. The van der Waals surface area contributed by atoms with Crippen LogP contribution in [0.3, 0.4) is 0 Å². The summed E-state index contributed by atoms with van der Waals surface area (Å²) in [7, 11) is 3.17. The van der Waals surface area contributed by atoms with Crippen LogP contribution in [-0.4, -0.2) is 30.1 Å². The summed E-state index contributed by atoms with van der Waals surface area (Å²) in [6.07, 6.45) is 3.17. The number of fused-ring (bicyclic) bond motifs is 1. The lowest BCUT2D eigenvalue weighted by Gasteiger charge is -2.13. The Balaban J connectivity index is 1.66. The second kappa shape index (κ2) is 6.62. The molecule has 1 amide bonds. The number of nitrogens with zero attached hydrogens (tertiary/aromatic N) is 2. The Kier molecular flexibility index (Phi) is 4.38. The van der Waals surface area contributed by atoms with Crippen molar-refractivity contribution in [3.05, 3.63) is 47.5 Å². The summed E-state index contributed by atoms with van der Waals surface area (Å²) in [5.74, 6) is 1.19. The number of hydrogen-bond donors (Lipinski definition) is 2. The minimum atomic E-state index is -0.411. The fraction of sp³-hybridized carbons (Fsp3) is 0.312. The number of amides is 1. The second-order valence-electron chi connectivity index (χ2n) is 5.15. The molecule has 23 heavy (non-hydrogen) atoms. The minimum Gasteiger partial charge on any atom is -0.493 e. The first-order chi connectivity index (χ1) is 11.2. The van der Waals surface area contributed by atoms with E-state index in [9.17, 15) is 4.79 Å². The molecule has 1 atom stereocenters. The molecule has 1 unspecified atom stereocenters. The highest BCUT2D eigenvalue weighted by Crippen LogP contribution is 2.27. The van der Waals surface area contributed by atoms with E-state index in [1.807, 2.05) is 18.2 Å². The van der Waals surface area contributed by atoms with Crippen molar-refractivity contribution in [1.82, 2.24) is 20.6 Å². The summed E-state index contributed by atoms with van der Waals surface area (Å²) < 4.78 is 10.5. The molecular weight excluding hydrogens is 296 g/mol. The summed E-state index contributed by atoms with van der Waals surface area (Å²) in [4.78, 5) is 20.5. The van der Waals surface area contributed by atoms with Crippen molar-refractivity contribution in [1.29, 1.82) is 0 Å². The molecule has 1 aromatic heterocycles. The predicted molar refractivity (Wildman–Crippen MR) is 83.0 cm³/mol. The monoisotopic (exact) mass is 314 g/mol. The van der Waals surface area contributed by atoms with Gasteiger partial charge in [0, 0.05) is 24.8 Å². The zero-order valence-electron chi connectivity index (χ0n) is 13.0. The molecule has 1 aromatic carbocycles. The van der Waals surface area contributed by atoms with Crippen LogP contribution < -0.4 is 20.1 Å². The molecule has 0 saturated heterocycles. The summed E-state index contributed by atoms with van der Waals surface area (Å²) in [6.45, 7) is 0.979. The summed E-state index contributed by atoms with van der Waals surface area (Å²) in [5.41, 5.74) is 2.63. The molecule has 3 rings (SSSR count). The molecular formula is C16H18N4O3. The summed E-state index contributed by atoms with van der Waals surface area (Å²) >= 11 is 0. The zero-order valence-corrected chi connectivity index (χ0v) is 13.0. The fourth-order valence-electron chi connectivity index (χ4n) is 2.58. The molecule has 1 aliphatic rings. The van der Waals surface area contributed by atoms with Gasteiger partial charge in [-0.1, -0.05) is 6.07 Å². The molecule has 7 heteroatoms. The first-order valence-electron chi connectivity index (χ1n) is 7.23. The van der Waals surface area contributed by atoms with Gasteiger partial charge in [-0.05, 0) is 17.7 Å². The van der Waals surface area contributed by atoms with Crippen molar-refractivity contribution in [3.63, 3.8) is 0 Å². The van der Waals surface area contributed by atoms with Crippen molar-refractivity contribution in [2.24, 2.45) is 0 Å². The van der Waals surface area contributed by atoms with Gasteiger partial charge in [0.1, 0.15) is 12.4 Å². The van der Waals surface area contributed by atoms with Crippen LogP contribution >= 0.6 is 0 Å². The third-order valence-corrected chi connectivity index (χ3v) is 3.79. The van der Waals surface area contributed by atoms with Crippen LogP contribution in [0.4, 0.5) is 0 Å². The van der Waals surface area contributed by atoms with Crippen LogP contribution in [0.5, 0.6) is 11.5 Å². The lowest BCUT2D eigenvalue weighted by Crippen LogP contribution is -2.33. The highest BCUT2D eigenvalue weighted by atomic mass is 16.5. The molecule has 0 radical (unpaired) electrons. The smallest absolute Gasteiger partial charge is 0.242 e. The largest absolute Gasteiger partial charge is 0.493 e. The molecule has 0 bridgehead atoms. The van der Waals surface area contributed by atoms with Gasteiger partial charge in [0.25, 0.3) is 0 Å². The predicted octanol–water partition coefficient (Wildman–Crippen LogP) is 0.954. The van der Waals surface area contributed by atoms with Crippen LogP contribution in [0.1, 0.15) is 22.9 Å². The van der Waals surface area contributed by atoms with Gasteiger partial charge in [-0.2, -0.15) is 0 Å². The summed E-state index contributed by atoms with van der Waals surface area (Å²) in [5, 5.41) is 6.06. The number of benzene rings is 1. The minimum absolute atomic E-state index is 0.103. The Morgan fingerprint density at radius 2 is 2.17 bits per heavy atom. The topological polar surface area (TPSA) is 85.4 Å². The number of hydrogen-bond acceptors (Lipinski definition) is 6. The lowest BCUT2D eigenvalue weighted by atomic mass is 10.1. The third kappa shape index (κ3) is 3.09. The van der Waals surface area contributed by atoms with Gasteiger partial charge in [0.2, 0.25) is 5.91 Å². The third-order valence-electron chi connectivity index (χ3n) is 3.79. The number of aromatic nitrogens is 2. The van der Waals surface area contributed by atoms with Gasteiger partial charge in [-0.25, -0.2) is 9.97 Å². The molecule has 0 aliphatic carbocycles. The maximum Gasteiger partial charge on any atom is 0.242 e. The first kappa shape index (κ1) is 15.2. The van der Waals surface area contributed by atoms with Gasteiger partial charge in [0.15, 0.2) is 11.5 Å². The maximum atomic E-state index is 12.4. The van der Waals surface area contributed by atoms with Crippen molar-refractivity contribution in [2.75, 3.05) is 14.2 Å². The van der Waals surface area contributed by atoms with E-state index in [0.717, 1.165) is 16.8 Å². The van der Waals surface area contributed by atoms with Gasteiger partial charge in [-0.3, -0.25) is 10.1 Å². The van der Waals surface area contributed by atoms with E-state index in [1.165, 1.54) is 6.33 Å². The van der Waals surface area contributed by atoms with E-state index in [-0.39, 0.29) is 5.91 Å². The lowest BCUT2D eigenvalue weighted by molar-refractivity contribution is -0.123. The maximum absolute atomic E-state index is 12.4. The second-order valence-corrected chi connectivity index (χ2v) is 5.15. The van der Waals surface area contributed by atoms with Crippen molar-refractivity contribution < 1.29 is 14.3 Å². The molecule has 0 saturated carbocycles. The molecule has 120 valence electrons. The Morgan fingerprint density at radius 1 is 1.35 bits per heavy atom. The number of methoxy groups -OCH3 is 2. The van der Waals surface area contributed by atoms with E-state index in [4.69, 9.17) is 9.47 Å². The van der Waals surface area contributed by atoms with E-state index in [1.54, 1.807) is 20.4 Å². The van der Waals surface area contributed by atoms with E-state index in [2.05, 4.69) is 20.6 Å². The van der Waals surface area contributed by atoms with Crippen LogP contribution in [0.25, 0.3) is 0 Å². The quantitative estimate of drug-likeness (QED) is 0.855. The van der Waals surface area contributed by atoms with E-state index < -0.39 is 6.04 Å². The Morgan fingerprint density at radius 3 is 2.96 bits per heavy atom. The highest BCUT2D eigenvalue weighted by Gasteiger charge is 2.28. The average molecular weight is 314 g/mol. The molecule has 2 aromatic rings. The molecule has 1 aliphatic heterocycles. The molecule has 2 heterocycles. The standard InChI is InChI=1S/C16H18N4O3/c1-22-13-4-3-10(5-14(13)23-2)6-19-16(21)15-11-7-17-9-20-12(11)8-18-15/h3-5,7,9,15,18H,6,8H2,1-2H3,(H,19,21). The molecule has 7 nitrogen and oxygen atoms in total. The van der Waals surface area contributed by atoms with Gasteiger partial charge in [0.05, 0.1) is 19.9 Å². The zero-order chi connectivity index (χ0) is 16.2. The number of ether oxygens (including phenoxy) is 2. The van der Waals surface area contributed by atoms with E-state index >= 15 is 0 Å².